The van der Waals surface area contributed by atoms with Crippen molar-refractivity contribution in [2.45, 2.75) is 0 Å². The molecule has 0 N–H and O–H groups in total. The fraction of sp³-hybridized carbons (Fsp3) is 0. The van der Waals surface area contributed by atoms with Crippen molar-refractivity contribution in [3.05, 3.63) is 59.1 Å². The van der Waals surface area contributed by atoms with Gasteiger partial charge in [0, 0.05) is 5.22 Å². The third-order valence-corrected chi connectivity index (χ3v) is 2.36. The van der Waals surface area contributed by atoms with Crippen molar-refractivity contribution >= 4 is 11.9 Å². The van der Waals surface area contributed by atoms with Crippen molar-refractivity contribution < 1.29 is 4.74 Å². The Bertz CT molecular complexity index is 616. The van der Waals surface area contributed by atoms with Crippen LogP contribution in [0.5, 0.6) is 5.75 Å². The first-order valence-electron chi connectivity index (χ1n) is 4.83. The van der Waals surface area contributed by atoms with Crippen LogP contribution >= 0.6 is 0 Å². The predicted octanol–water partition coefficient (Wildman–Crippen LogP) is 1.77. The molecule has 0 bridgehead atoms. The van der Waals surface area contributed by atoms with Gasteiger partial charge in [-0.2, -0.15) is 0 Å². The van der Waals surface area contributed by atoms with Crippen molar-refractivity contribution in [1.82, 2.24) is 0 Å². The molecule has 0 unspecified atom stereocenters. The molecule has 0 saturated carbocycles. The average molecular weight is 195 g/mol. The van der Waals surface area contributed by atoms with Crippen molar-refractivity contribution in [3.63, 3.8) is 0 Å². The second-order valence-electron chi connectivity index (χ2n) is 3.37. The lowest BCUT2D eigenvalue weighted by Crippen LogP contribution is -2.23. The number of benzene rings is 2. The molecule has 2 nitrogen and oxygen atoms in total. The van der Waals surface area contributed by atoms with E-state index in [1.54, 1.807) is 6.26 Å². The second-order valence-corrected chi connectivity index (χ2v) is 3.37. The minimum atomic E-state index is 0.800. The van der Waals surface area contributed by atoms with E-state index in [0.29, 0.717) is 0 Å². The maximum atomic E-state index is 5.56. The molecule has 15 heavy (non-hydrogen) atoms. The van der Waals surface area contributed by atoms with E-state index >= 15 is 0 Å². The first-order chi connectivity index (χ1) is 7.43. The molecule has 0 fully saturated rings. The molecule has 0 aromatic heterocycles. The number of ether oxygens (including phenoxy) is 1. The molecular formula is C13H9NO. The summed E-state index contributed by atoms with van der Waals surface area (Å²) in [4.78, 5) is 4.55. The van der Waals surface area contributed by atoms with E-state index in [1.165, 1.54) is 0 Å². The van der Waals surface area contributed by atoms with Crippen molar-refractivity contribution in [1.29, 1.82) is 0 Å². The van der Waals surface area contributed by atoms with E-state index in [2.05, 4.69) is 4.99 Å². The Morgan fingerprint density at radius 3 is 2.67 bits per heavy atom. The smallest absolute Gasteiger partial charge is 0.152 e. The first-order valence-corrected chi connectivity index (χ1v) is 4.83. The average Bonchev–Trinajstić information content (AvgIpc) is 2.48. The largest absolute Gasteiger partial charge is 0.462 e. The third kappa shape index (κ3) is 1.40. The van der Waals surface area contributed by atoms with Crippen molar-refractivity contribution in [2.24, 2.45) is 4.99 Å². The van der Waals surface area contributed by atoms with Gasteiger partial charge in [0.25, 0.3) is 0 Å². The molecular weight excluding hydrogens is 186 g/mol. The van der Waals surface area contributed by atoms with Gasteiger partial charge >= 0.3 is 0 Å². The zero-order chi connectivity index (χ0) is 10.1. The quantitative estimate of drug-likeness (QED) is 0.627. The maximum absolute atomic E-state index is 5.56. The third-order valence-electron chi connectivity index (χ3n) is 2.36. The van der Waals surface area contributed by atoms with Gasteiger partial charge < -0.3 is 4.74 Å². The number of hydrogen-bond acceptors (Lipinski definition) is 2. The number of hydrogen-bond donors (Lipinski definition) is 0. The van der Waals surface area contributed by atoms with Gasteiger partial charge in [-0.15, -0.1) is 0 Å². The van der Waals surface area contributed by atoms with Crippen LogP contribution in [0.25, 0.3) is 6.26 Å². The van der Waals surface area contributed by atoms with Crippen molar-refractivity contribution in [3.8, 4) is 5.75 Å². The van der Waals surface area contributed by atoms with Gasteiger partial charge in [0.2, 0.25) is 0 Å². The normalized spacial score (nSPS) is 12.3. The Kier molecular flexibility index (Phi) is 1.78. The molecule has 1 heterocycles. The van der Waals surface area contributed by atoms with E-state index in [1.807, 2.05) is 48.5 Å². The van der Waals surface area contributed by atoms with Crippen LogP contribution in [-0.4, -0.2) is 0 Å². The Morgan fingerprint density at radius 1 is 0.867 bits per heavy atom. The summed E-state index contributed by atoms with van der Waals surface area (Å²) in [7, 11) is 0. The summed E-state index contributed by atoms with van der Waals surface area (Å²) in [6, 6.07) is 15.7. The Morgan fingerprint density at radius 2 is 1.67 bits per heavy atom. The summed E-state index contributed by atoms with van der Waals surface area (Å²) < 4.78 is 5.56. The van der Waals surface area contributed by atoms with Crippen LogP contribution in [0, 0.1) is 0 Å². The molecule has 0 aliphatic carbocycles. The Balaban J connectivity index is 2.36. The van der Waals surface area contributed by atoms with E-state index in [9.17, 15) is 0 Å². The molecule has 72 valence electrons. The van der Waals surface area contributed by atoms with E-state index in [4.69, 9.17) is 4.74 Å². The predicted molar refractivity (Wildman–Crippen MR) is 58.4 cm³/mol. The summed E-state index contributed by atoms with van der Waals surface area (Å²) >= 11 is 0. The molecule has 2 heteroatoms. The molecule has 2 aromatic carbocycles. The topological polar surface area (TPSA) is 21.6 Å². The lowest BCUT2D eigenvalue weighted by molar-refractivity contribution is 0.543. The lowest BCUT2D eigenvalue weighted by Gasteiger charge is -2.00. The zero-order valence-corrected chi connectivity index (χ0v) is 8.05. The highest BCUT2D eigenvalue weighted by Crippen LogP contribution is 2.26. The standard InChI is InChI=1S/C13H9NO/c1-2-6-11-10(5-1)9-15-13-8-4-3-7-12(13)14-11/h1-9H. The zero-order valence-electron chi connectivity index (χ0n) is 8.05. The van der Waals surface area contributed by atoms with Crippen LogP contribution in [0.3, 0.4) is 0 Å². The summed E-state index contributed by atoms with van der Waals surface area (Å²) in [5.74, 6) is 0.800. The van der Waals surface area contributed by atoms with E-state index < -0.39 is 0 Å². The van der Waals surface area contributed by atoms with Gasteiger partial charge in [-0.25, -0.2) is 4.99 Å². The number of para-hydroxylation sites is 3. The maximum Gasteiger partial charge on any atom is 0.152 e. The fourth-order valence-electron chi connectivity index (χ4n) is 1.59. The van der Waals surface area contributed by atoms with Gasteiger partial charge in [-0.05, 0) is 24.3 Å². The van der Waals surface area contributed by atoms with E-state index in [0.717, 1.165) is 22.0 Å². The van der Waals surface area contributed by atoms with Crippen LogP contribution in [-0.2, 0) is 0 Å². The molecule has 1 aliphatic rings. The summed E-state index contributed by atoms with van der Waals surface area (Å²) in [5, 5.41) is 1.95. The molecule has 0 amide bonds. The lowest BCUT2D eigenvalue weighted by atomic mass is 10.3. The highest BCUT2D eigenvalue weighted by molar-refractivity contribution is 5.54. The SMILES string of the molecule is C1=c2ccccc2=Nc2ccccc2O1. The molecule has 1 aliphatic heterocycles. The number of rotatable bonds is 0. The number of nitrogens with zero attached hydrogens (tertiary/aromatic N) is 1. The van der Waals surface area contributed by atoms with Gasteiger partial charge in [0.1, 0.15) is 11.9 Å². The van der Waals surface area contributed by atoms with Crippen LogP contribution < -0.4 is 15.3 Å². The van der Waals surface area contributed by atoms with E-state index in [-0.39, 0.29) is 0 Å². The second kappa shape index (κ2) is 3.24. The fourth-order valence-corrected chi connectivity index (χ4v) is 1.59. The van der Waals surface area contributed by atoms with Crippen LogP contribution in [0.4, 0.5) is 5.69 Å². The minimum absolute atomic E-state index is 0.800. The first kappa shape index (κ1) is 8.24. The molecule has 0 saturated heterocycles. The van der Waals surface area contributed by atoms with Crippen LogP contribution in [0.15, 0.2) is 53.5 Å². The molecule has 0 atom stereocenters. The minimum Gasteiger partial charge on any atom is -0.462 e. The van der Waals surface area contributed by atoms with Crippen LogP contribution in [0.2, 0.25) is 0 Å². The summed E-state index contributed by atoms with van der Waals surface area (Å²) in [5.41, 5.74) is 0.874. The van der Waals surface area contributed by atoms with Gasteiger partial charge in [-0.3, -0.25) is 0 Å². The molecule has 0 spiro atoms. The Hall–Kier alpha value is -2.09. The van der Waals surface area contributed by atoms with Crippen LogP contribution in [0.1, 0.15) is 0 Å². The molecule has 0 radical (unpaired) electrons. The highest BCUT2D eigenvalue weighted by atomic mass is 16.5. The summed E-state index contributed by atoms with van der Waals surface area (Å²) in [6.07, 6.45) is 1.74. The summed E-state index contributed by atoms with van der Waals surface area (Å²) in [6.45, 7) is 0. The van der Waals surface area contributed by atoms with Gasteiger partial charge in [0.15, 0.2) is 5.75 Å². The van der Waals surface area contributed by atoms with Gasteiger partial charge in [-0.1, -0.05) is 24.3 Å². The Labute approximate surface area is 87.2 Å². The monoisotopic (exact) mass is 195 g/mol. The van der Waals surface area contributed by atoms with Crippen molar-refractivity contribution in [2.75, 3.05) is 0 Å². The molecule has 3 rings (SSSR count). The highest BCUT2D eigenvalue weighted by Gasteiger charge is 2.02. The molecule has 2 aromatic rings. The number of fused-ring (bicyclic) bond motifs is 2. The van der Waals surface area contributed by atoms with Gasteiger partial charge in [0.05, 0.1) is 5.36 Å².